The van der Waals surface area contributed by atoms with E-state index in [1.54, 1.807) is 23.5 Å². The zero-order chi connectivity index (χ0) is 96.3. The summed E-state index contributed by atoms with van der Waals surface area (Å²) in [5.41, 5.74) is 52.0. The zero-order valence-electron chi connectivity index (χ0n) is 80.6. The van der Waals surface area contributed by atoms with Crippen LogP contribution in [0.5, 0.6) is 0 Å². The summed E-state index contributed by atoms with van der Waals surface area (Å²) in [5.74, 6) is 30.6. The van der Waals surface area contributed by atoms with Gasteiger partial charge in [0.15, 0.2) is 0 Å². The number of H-pyrrole nitrogens is 4. The van der Waals surface area contributed by atoms with Gasteiger partial charge in [0.1, 0.15) is 0 Å². The van der Waals surface area contributed by atoms with Crippen LogP contribution >= 0.6 is 23.5 Å². The smallest absolute Gasteiger partial charge is 0.0737 e. The lowest BCUT2D eigenvalue weighted by Crippen LogP contribution is -1.95. The second kappa shape index (κ2) is 37.7. The van der Waals surface area contributed by atoms with E-state index in [1.807, 2.05) is 18.2 Å². The molecule has 0 atom stereocenters. The minimum Gasteiger partial charge on any atom is -0.354 e. The van der Waals surface area contributed by atoms with Crippen molar-refractivity contribution in [2.45, 2.75) is 92.9 Å². The molecule has 140 heavy (non-hydrogen) atoms. The molecule has 0 saturated heterocycles. The highest BCUT2D eigenvalue weighted by Crippen LogP contribution is 2.46. The van der Waals surface area contributed by atoms with Crippen LogP contribution in [0.15, 0.2) is 271 Å². The maximum atomic E-state index is 6.28. The highest BCUT2D eigenvalue weighted by molar-refractivity contribution is 7.98. The third-order valence-corrected chi connectivity index (χ3v) is 28.0. The van der Waals surface area contributed by atoms with Gasteiger partial charge in [-0.2, -0.15) is 0 Å². The molecule has 0 aliphatic carbocycles. The van der Waals surface area contributed by atoms with Crippen molar-refractivity contribution in [1.82, 2.24) is 39.9 Å². The monoisotopic (exact) mass is 1830 g/mol. The molecule has 6 aromatic heterocycles. The molecule has 16 bridgehead atoms. The van der Waals surface area contributed by atoms with E-state index in [2.05, 4.69) is 460 Å². The maximum absolute atomic E-state index is 6.28. The molecule has 0 saturated carbocycles. The van der Waals surface area contributed by atoms with Crippen LogP contribution in [0.3, 0.4) is 0 Å². The first-order valence-corrected chi connectivity index (χ1v) is 49.6. The topological polar surface area (TPSA) is 115 Å². The molecule has 10 heteroatoms. The van der Waals surface area contributed by atoms with Gasteiger partial charge in [-0.1, -0.05) is 185 Å². The molecule has 21 rings (SSSR count). The average Bonchev–Trinajstić information content (AvgIpc) is 1.60. The lowest BCUT2D eigenvalue weighted by atomic mass is 9.92. The third kappa shape index (κ3) is 17.8. The summed E-state index contributed by atoms with van der Waals surface area (Å²) in [6.07, 6.45) is 27.8. The molecule has 0 fully saturated rings. The predicted octanol–water partition coefficient (Wildman–Crippen LogP) is 31.7. The number of aromatic amines is 4. The van der Waals surface area contributed by atoms with Crippen LogP contribution in [-0.2, 0) is 0 Å². The number of hydrogen-bond acceptors (Lipinski definition) is 6. The first kappa shape index (κ1) is 89.6. The van der Waals surface area contributed by atoms with Gasteiger partial charge in [0, 0.05) is 149 Å². The summed E-state index contributed by atoms with van der Waals surface area (Å²) in [6, 6.07) is 92.5. The molecule has 4 N–H and O–H groups in total. The van der Waals surface area contributed by atoms with Crippen LogP contribution in [0.1, 0.15) is 162 Å². The van der Waals surface area contributed by atoms with E-state index in [1.165, 1.54) is 32.0 Å². The van der Waals surface area contributed by atoms with Crippen molar-refractivity contribution >= 4 is 116 Å². The molecule has 670 valence electrons. The third-order valence-electron chi connectivity index (χ3n) is 26.6. The molecular weight excluding hydrogens is 1740 g/mol. The van der Waals surface area contributed by atoms with Crippen molar-refractivity contribution in [1.29, 1.82) is 0 Å². The van der Waals surface area contributed by atoms with Crippen molar-refractivity contribution in [3.05, 3.63) is 423 Å². The Balaban J connectivity index is 0.650. The summed E-state index contributed by atoms with van der Waals surface area (Å²) in [7, 11) is 0. The molecule has 8 nitrogen and oxygen atoms in total. The van der Waals surface area contributed by atoms with Crippen molar-refractivity contribution in [3.63, 3.8) is 0 Å². The molecule has 0 amide bonds. The molecular formula is C130H98N8S2. The van der Waals surface area contributed by atoms with Crippen LogP contribution in [0, 0.1) is 143 Å². The lowest BCUT2D eigenvalue weighted by molar-refractivity contribution is 1.28. The minimum atomic E-state index is 0.679. The Bertz CT molecular complexity index is 8250. The highest BCUT2D eigenvalue weighted by Gasteiger charge is 2.27. The molecule has 17 aromatic rings. The molecule has 0 radical (unpaired) electrons. The van der Waals surface area contributed by atoms with Gasteiger partial charge in [-0.15, -0.1) is 29.9 Å². The Morgan fingerprint density at radius 1 is 0.200 bits per heavy atom. The van der Waals surface area contributed by atoms with Gasteiger partial charge in [-0.3, -0.25) is 0 Å². The maximum Gasteiger partial charge on any atom is 0.0737 e. The lowest BCUT2D eigenvalue weighted by Gasteiger charge is -2.13. The fourth-order valence-corrected chi connectivity index (χ4v) is 21.6. The predicted molar refractivity (Wildman–Crippen MR) is 593 cm³/mol. The summed E-state index contributed by atoms with van der Waals surface area (Å²) < 4.78 is 0. The van der Waals surface area contributed by atoms with Crippen molar-refractivity contribution in [2.24, 2.45) is 0 Å². The first-order chi connectivity index (χ1) is 68.1. The van der Waals surface area contributed by atoms with Crippen molar-refractivity contribution < 1.29 is 0 Å². The molecule has 4 aliphatic heterocycles. The standard InChI is InChI=1S/C130H98N8S2/c1-16-88-71-95(29-25-91-35-43-99(44-36-91)125-107-51-59-115(135-107)127(119-80(6)63-76(2)64-81(119)7)111-55-47-103(131-111)123(97-39-31-89(32-40-97)23-27-93-19-17-21-101(74-93)139-14)104-48-56-112(132-104)128(116-60-52-108(125)136-116)120-82(8)65-77(3)66-83(120)9)73-96(72-88)30-26-92-37-45-100(46-38-92)126-109-53-61-117(137-109)129(121-84(10)67-78(4)68-85(121)11)113-57-49-105(133-113)124(98-41-33-90(34-42-98)24-28-94-20-18-22-102(75-94)140-15)106-50-58-114(134-106)130(118-62-54-110(126)138-118)122-86(12)69-79(5)70-87(122)13/h1,17-22,31-75,131,133,136,138H,2-15H3. The van der Waals surface area contributed by atoms with Crippen LogP contribution in [0.25, 0.3) is 182 Å². The summed E-state index contributed by atoms with van der Waals surface area (Å²) in [4.78, 5) is 41.3. The van der Waals surface area contributed by atoms with Crippen LogP contribution in [0.2, 0.25) is 0 Å². The number of benzene rings is 11. The normalized spacial score (nSPS) is 11.6. The Hall–Kier alpha value is -16.9. The summed E-state index contributed by atoms with van der Waals surface area (Å²) in [6.45, 7) is 26.3. The van der Waals surface area contributed by atoms with E-state index in [9.17, 15) is 0 Å². The largest absolute Gasteiger partial charge is 0.354 e. The molecule has 4 aliphatic rings. The SMILES string of the molecule is C#Cc1cc(C#Cc2ccc(-c3c4nc(c(-c5c(C)cc(C)cc5C)c5ccc([nH]5)c(-c5ccc(C#Cc6cccc(SC)c6)cc5)c5nc(c(-c6c(C)cc(C)cc6C)c6ccc3[nH]6)C=C5)C=C4)cc2)cc(C#Cc2ccc(-c3c4nc(c(-c5c(C)cc(C)cc5C)c5ccc([nH]5)c(-c5ccc(C#Cc6cccc(SC)c6)cc5)c5nc(c(-c6c(C)cc(C)cc6C)c6ccc3[nH]6)C=C5)C=C4)cc2)c1. The van der Waals surface area contributed by atoms with Crippen molar-refractivity contribution in [3.8, 4) is 149 Å². The van der Waals surface area contributed by atoms with Gasteiger partial charge in [0.05, 0.1) is 45.6 Å². The first-order valence-electron chi connectivity index (χ1n) is 47.1. The number of aryl methyl sites for hydroxylation is 12. The number of nitrogens with zero attached hydrogens (tertiary/aromatic N) is 4. The van der Waals surface area contributed by atoms with E-state index >= 15 is 0 Å². The molecule has 11 aromatic carbocycles. The van der Waals surface area contributed by atoms with Crippen LogP contribution in [0.4, 0.5) is 0 Å². The Morgan fingerprint density at radius 3 is 0.621 bits per heavy atom. The Morgan fingerprint density at radius 2 is 0.400 bits per heavy atom. The van der Waals surface area contributed by atoms with E-state index in [-0.39, 0.29) is 0 Å². The quantitative estimate of drug-likeness (QED) is 0.0801. The van der Waals surface area contributed by atoms with Gasteiger partial charge in [0.2, 0.25) is 0 Å². The number of terminal acetylenes is 1. The number of rotatable bonds is 10. The summed E-state index contributed by atoms with van der Waals surface area (Å²) in [5, 5.41) is 0. The molecule has 10 heterocycles. The molecule has 0 unspecified atom stereocenters. The van der Waals surface area contributed by atoms with Gasteiger partial charge in [-0.05, 0) is 385 Å². The fraction of sp³-hybridized carbons (Fsp3) is 0.108. The fourth-order valence-electron chi connectivity index (χ4n) is 20.7. The van der Waals surface area contributed by atoms with Gasteiger partial charge < -0.3 is 19.9 Å². The van der Waals surface area contributed by atoms with E-state index in [0.717, 1.165) is 268 Å². The number of nitrogens with one attached hydrogen (secondary N) is 4. The van der Waals surface area contributed by atoms with E-state index in [0.29, 0.717) is 5.56 Å². The zero-order valence-corrected chi connectivity index (χ0v) is 82.3. The van der Waals surface area contributed by atoms with E-state index < -0.39 is 0 Å². The Labute approximate surface area is 827 Å². The highest BCUT2D eigenvalue weighted by atomic mass is 32.2. The molecule has 0 spiro atoms. The van der Waals surface area contributed by atoms with Crippen molar-refractivity contribution in [2.75, 3.05) is 12.5 Å². The minimum absolute atomic E-state index is 0.679. The Kier molecular flexibility index (Phi) is 24.1. The van der Waals surface area contributed by atoms with Crippen LogP contribution < -0.4 is 0 Å². The van der Waals surface area contributed by atoms with Crippen LogP contribution in [-0.4, -0.2) is 52.4 Å². The second-order valence-corrected chi connectivity index (χ2v) is 38.6. The average molecular weight is 1840 g/mol. The van der Waals surface area contributed by atoms with E-state index in [4.69, 9.17) is 26.4 Å². The number of fused-ring (bicyclic) bond motifs is 16. The number of aromatic nitrogens is 8. The van der Waals surface area contributed by atoms with Gasteiger partial charge >= 0.3 is 0 Å². The second-order valence-electron chi connectivity index (χ2n) is 36.8. The van der Waals surface area contributed by atoms with Gasteiger partial charge in [0.25, 0.3) is 0 Å². The van der Waals surface area contributed by atoms with Gasteiger partial charge in [-0.25, -0.2) is 19.9 Å². The summed E-state index contributed by atoms with van der Waals surface area (Å²) >= 11 is 3.43. The number of thioether (sulfide) groups is 2. The number of hydrogen-bond donors (Lipinski definition) is 4.